The summed E-state index contributed by atoms with van der Waals surface area (Å²) in [7, 11) is 2.31. The molecule has 0 amide bonds. The van der Waals surface area contributed by atoms with Crippen LogP contribution in [0.5, 0.6) is 5.88 Å². The average Bonchev–Trinajstić information content (AvgIpc) is 2.63. The predicted molar refractivity (Wildman–Crippen MR) is 97.8 cm³/mol. The third-order valence-electron chi connectivity index (χ3n) is 6.35. The van der Waals surface area contributed by atoms with E-state index in [4.69, 9.17) is 9.47 Å². The Balaban J connectivity index is 1.26. The molecule has 3 aliphatic rings. The zero-order chi connectivity index (χ0) is 17.1. The van der Waals surface area contributed by atoms with Gasteiger partial charge in [-0.3, -0.25) is 9.80 Å². The van der Waals surface area contributed by atoms with Gasteiger partial charge in [-0.1, -0.05) is 6.07 Å². The molecular weight excluding hydrogens is 314 g/mol. The van der Waals surface area contributed by atoms with E-state index in [2.05, 4.69) is 21.8 Å². The minimum Gasteiger partial charge on any atom is -0.477 e. The summed E-state index contributed by atoms with van der Waals surface area (Å²) in [5, 5.41) is 0. The molecule has 0 aromatic carbocycles. The molecule has 4 heterocycles. The first-order valence-electron chi connectivity index (χ1n) is 9.79. The summed E-state index contributed by atoms with van der Waals surface area (Å²) in [4.78, 5) is 9.54. The second-order valence-corrected chi connectivity index (χ2v) is 8.21. The fourth-order valence-electron chi connectivity index (χ4n) is 4.77. The van der Waals surface area contributed by atoms with E-state index in [9.17, 15) is 0 Å². The summed E-state index contributed by atoms with van der Waals surface area (Å²) in [5.41, 5.74) is 0.377. The Morgan fingerprint density at radius 3 is 2.80 bits per heavy atom. The molecule has 3 saturated heterocycles. The van der Waals surface area contributed by atoms with Crippen molar-refractivity contribution in [3.8, 4) is 5.88 Å². The fraction of sp³-hybridized carbons (Fsp3) is 0.750. The fourth-order valence-corrected chi connectivity index (χ4v) is 4.77. The molecule has 0 radical (unpaired) electrons. The lowest BCUT2D eigenvalue weighted by Crippen LogP contribution is -2.72. The van der Waals surface area contributed by atoms with Crippen LogP contribution in [0, 0.1) is 11.8 Å². The van der Waals surface area contributed by atoms with Gasteiger partial charge in [0, 0.05) is 50.7 Å². The maximum absolute atomic E-state index is 5.93. The van der Waals surface area contributed by atoms with Crippen LogP contribution in [0.25, 0.3) is 0 Å². The summed E-state index contributed by atoms with van der Waals surface area (Å²) in [6, 6.07) is 5.86. The summed E-state index contributed by atoms with van der Waals surface area (Å²) in [5.74, 6) is 2.23. The number of aromatic nitrogens is 1. The summed E-state index contributed by atoms with van der Waals surface area (Å²) in [6.45, 7) is 7.59. The highest BCUT2D eigenvalue weighted by molar-refractivity contribution is 5.10. The van der Waals surface area contributed by atoms with E-state index < -0.39 is 0 Å². The molecule has 138 valence electrons. The number of likely N-dealkylation sites (tertiary alicyclic amines) is 2. The van der Waals surface area contributed by atoms with Gasteiger partial charge in [-0.15, -0.1) is 0 Å². The third-order valence-corrected chi connectivity index (χ3v) is 6.35. The smallest absolute Gasteiger partial charge is 0.213 e. The normalized spacial score (nSPS) is 28.0. The van der Waals surface area contributed by atoms with Crippen molar-refractivity contribution in [3.63, 3.8) is 0 Å². The molecule has 25 heavy (non-hydrogen) atoms. The van der Waals surface area contributed by atoms with E-state index >= 15 is 0 Å². The molecule has 1 atom stereocenters. The van der Waals surface area contributed by atoms with Gasteiger partial charge in [0.05, 0.1) is 6.61 Å². The van der Waals surface area contributed by atoms with Crippen LogP contribution in [0.1, 0.15) is 25.7 Å². The van der Waals surface area contributed by atoms with Gasteiger partial charge in [-0.2, -0.15) is 0 Å². The maximum Gasteiger partial charge on any atom is 0.213 e. The minimum atomic E-state index is 0.377. The molecule has 0 saturated carbocycles. The molecule has 3 fully saturated rings. The van der Waals surface area contributed by atoms with Gasteiger partial charge in [0.15, 0.2) is 0 Å². The van der Waals surface area contributed by atoms with Crippen LogP contribution < -0.4 is 4.74 Å². The van der Waals surface area contributed by atoms with E-state index in [0.29, 0.717) is 11.5 Å². The number of hydrogen-bond donors (Lipinski definition) is 0. The Morgan fingerprint density at radius 1 is 1.20 bits per heavy atom. The van der Waals surface area contributed by atoms with Gasteiger partial charge in [0.25, 0.3) is 0 Å². The summed E-state index contributed by atoms with van der Waals surface area (Å²) >= 11 is 0. The SMILES string of the molecule is CN1CCC(COc2ccccn2)CC12CN(CC1CCOCC1)C2. The van der Waals surface area contributed by atoms with Gasteiger partial charge >= 0.3 is 0 Å². The Hall–Kier alpha value is -1.17. The largest absolute Gasteiger partial charge is 0.477 e. The van der Waals surface area contributed by atoms with Crippen molar-refractivity contribution in [2.75, 3.05) is 53.0 Å². The van der Waals surface area contributed by atoms with Crippen molar-refractivity contribution >= 4 is 0 Å². The molecule has 1 aromatic rings. The van der Waals surface area contributed by atoms with Crippen molar-refractivity contribution in [3.05, 3.63) is 24.4 Å². The van der Waals surface area contributed by atoms with Crippen molar-refractivity contribution in [1.29, 1.82) is 0 Å². The first-order valence-corrected chi connectivity index (χ1v) is 9.79. The quantitative estimate of drug-likeness (QED) is 0.818. The van der Waals surface area contributed by atoms with E-state index in [1.165, 1.54) is 51.9 Å². The zero-order valence-corrected chi connectivity index (χ0v) is 15.4. The molecule has 1 spiro atoms. The van der Waals surface area contributed by atoms with Crippen LogP contribution in [0.4, 0.5) is 0 Å². The monoisotopic (exact) mass is 345 g/mol. The molecule has 5 nitrogen and oxygen atoms in total. The van der Waals surface area contributed by atoms with Gasteiger partial charge in [0.1, 0.15) is 0 Å². The lowest BCUT2D eigenvalue weighted by molar-refractivity contribution is -0.0928. The minimum absolute atomic E-state index is 0.377. The highest BCUT2D eigenvalue weighted by Gasteiger charge is 2.49. The van der Waals surface area contributed by atoms with E-state index in [1.54, 1.807) is 6.20 Å². The molecule has 3 aliphatic heterocycles. The number of rotatable bonds is 5. The molecule has 0 aliphatic carbocycles. The Labute approximate surface area is 151 Å². The third kappa shape index (κ3) is 3.99. The van der Waals surface area contributed by atoms with Crippen molar-refractivity contribution < 1.29 is 9.47 Å². The number of nitrogens with zero attached hydrogens (tertiary/aromatic N) is 3. The lowest BCUT2D eigenvalue weighted by Gasteiger charge is -2.59. The molecule has 1 aromatic heterocycles. The van der Waals surface area contributed by atoms with Crippen molar-refractivity contribution in [1.82, 2.24) is 14.8 Å². The standard InChI is InChI=1S/C20H31N3O2/c1-22-9-5-18(14-25-19-4-2-3-8-21-19)12-20(22)15-23(16-20)13-17-6-10-24-11-7-17/h2-4,8,17-18H,5-7,9-16H2,1H3. The van der Waals surface area contributed by atoms with Crippen LogP contribution in [0.15, 0.2) is 24.4 Å². The van der Waals surface area contributed by atoms with Crippen LogP contribution in [-0.4, -0.2) is 73.4 Å². The molecule has 0 bridgehead atoms. The zero-order valence-electron chi connectivity index (χ0n) is 15.4. The molecule has 1 unspecified atom stereocenters. The topological polar surface area (TPSA) is 37.8 Å². The highest BCUT2D eigenvalue weighted by atomic mass is 16.5. The number of piperidine rings is 1. The van der Waals surface area contributed by atoms with Crippen LogP contribution in [0.3, 0.4) is 0 Å². The molecular formula is C20H31N3O2. The second-order valence-electron chi connectivity index (χ2n) is 8.21. The van der Waals surface area contributed by atoms with Crippen LogP contribution in [0.2, 0.25) is 0 Å². The first-order chi connectivity index (χ1) is 12.2. The van der Waals surface area contributed by atoms with E-state index in [1.807, 2.05) is 18.2 Å². The van der Waals surface area contributed by atoms with Gasteiger partial charge in [0.2, 0.25) is 5.88 Å². The Kier molecular flexibility index (Phi) is 5.25. The number of ether oxygens (including phenoxy) is 2. The Bertz CT molecular complexity index is 541. The second kappa shape index (κ2) is 7.60. The maximum atomic E-state index is 5.93. The molecule has 4 rings (SSSR count). The van der Waals surface area contributed by atoms with Crippen molar-refractivity contribution in [2.45, 2.75) is 31.2 Å². The van der Waals surface area contributed by atoms with Gasteiger partial charge in [-0.25, -0.2) is 4.98 Å². The number of pyridine rings is 1. The summed E-state index contributed by atoms with van der Waals surface area (Å²) < 4.78 is 11.4. The summed E-state index contributed by atoms with van der Waals surface area (Å²) in [6.07, 6.45) is 6.75. The lowest BCUT2D eigenvalue weighted by atomic mass is 9.75. The molecule has 0 N–H and O–H groups in total. The first kappa shape index (κ1) is 17.3. The predicted octanol–water partition coefficient (Wildman–Crippen LogP) is 2.28. The van der Waals surface area contributed by atoms with Gasteiger partial charge in [-0.05, 0) is 57.2 Å². The van der Waals surface area contributed by atoms with Crippen molar-refractivity contribution in [2.24, 2.45) is 11.8 Å². The number of likely N-dealkylation sites (N-methyl/N-ethyl adjacent to an activating group) is 1. The van der Waals surface area contributed by atoms with E-state index in [0.717, 1.165) is 31.6 Å². The van der Waals surface area contributed by atoms with Gasteiger partial charge < -0.3 is 9.47 Å². The van der Waals surface area contributed by atoms with Crippen LogP contribution in [-0.2, 0) is 4.74 Å². The highest BCUT2D eigenvalue weighted by Crippen LogP contribution is 2.39. The Morgan fingerprint density at radius 2 is 2.04 bits per heavy atom. The molecule has 5 heteroatoms. The van der Waals surface area contributed by atoms with Crippen LogP contribution >= 0.6 is 0 Å². The average molecular weight is 345 g/mol. The number of hydrogen-bond acceptors (Lipinski definition) is 5. The van der Waals surface area contributed by atoms with E-state index in [-0.39, 0.29) is 0 Å².